The van der Waals surface area contributed by atoms with E-state index in [9.17, 15) is 0 Å². The first-order chi connectivity index (χ1) is 57.1. The molecule has 0 bridgehead atoms. The standard InChI is InChI=1S/C38H22N4O.C32H19N3O.C32H19N3S/c1-4-12-31-25(9-1)29-20-23(15-16-33(29)41(31)24-8-7-18-39-21-24)42-32-13-5-2-10-27(32)35-30-22-40-19-17-26(30)38-36(37(35)42)28-11-3-6-14-34(28)43-38;1-2-9-20(10-3-1)21-17-22(19-33-18-21)35-26-14-6-4-11-23(26)28-25-13-8-16-34-30(25)32-29(31(28)35)24-12-5-7-15-27(24)36-32;1-3-14-26-23(11-1)28-25-13-7-17-34-30(25)32-29(24-12-2-4-15-27(24)36-32)31(28)35(26)22-10-5-8-20(18-22)21-9-6-16-33-19-21/h1-22H;2*1-19H. The summed E-state index contributed by atoms with van der Waals surface area (Å²) >= 11 is 1.84. The topological polar surface area (TPSA) is 123 Å². The van der Waals surface area contributed by atoms with Crippen molar-refractivity contribution >= 4 is 195 Å². The van der Waals surface area contributed by atoms with Crippen LogP contribution in [0.4, 0.5) is 0 Å². The first-order valence-electron chi connectivity index (χ1n) is 38.4. The van der Waals surface area contributed by atoms with Gasteiger partial charge in [0.1, 0.15) is 22.3 Å². The largest absolute Gasteiger partial charge is 0.455 e. The second-order valence-electron chi connectivity index (χ2n) is 29.2. The number of para-hydroxylation sites is 6. The number of pyridine rings is 6. The lowest BCUT2D eigenvalue weighted by Crippen LogP contribution is -1.96. The normalized spacial score (nSPS) is 12.0. The van der Waals surface area contributed by atoms with Crippen molar-refractivity contribution in [1.29, 1.82) is 0 Å². The highest BCUT2D eigenvalue weighted by atomic mass is 32.1. The van der Waals surface area contributed by atoms with Gasteiger partial charge >= 0.3 is 0 Å². The Morgan fingerprint density at radius 2 is 0.713 bits per heavy atom. The van der Waals surface area contributed by atoms with Crippen LogP contribution in [-0.2, 0) is 0 Å². The quantitative estimate of drug-likeness (QED) is 0.161. The molecule has 13 heteroatoms. The average Bonchev–Trinajstić information content (AvgIpc) is 1.55. The molecule has 13 aromatic heterocycles. The summed E-state index contributed by atoms with van der Waals surface area (Å²) in [5.74, 6) is 0. The Hall–Kier alpha value is -15.4. The van der Waals surface area contributed by atoms with Crippen LogP contribution in [0.1, 0.15) is 0 Å². The van der Waals surface area contributed by atoms with Gasteiger partial charge in [0, 0.05) is 163 Å². The Balaban J connectivity index is 0.0000001000. The first-order valence-corrected chi connectivity index (χ1v) is 39.2. The molecule has 115 heavy (non-hydrogen) atoms. The Morgan fingerprint density at radius 1 is 0.235 bits per heavy atom. The fourth-order valence-corrected chi connectivity index (χ4v) is 19.6. The van der Waals surface area contributed by atoms with E-state index in [2.05, 4.69) is 299 Å². The van der Waals surface area contributed by atoms with Crippen molar-refractivity contribution in [2.75, 3.05) is 0 Å². The van der Waals surface area contributed by atoms with Crippen LogP contribution in [0.15, 0.2) is 374 Å². The van der Waals surface area contributed by atoms with E-state index in [0.717, 1.165) is 149 Å². The molecule has 0 unspecified atom stereocenters. The highest BCUT2D eigenvalue weighted by Crippen LogP contribution is 2.51. The summed E-state index contributed by atoms with van der Waals surface area (Å²) in [7, 11) is 0. The molecule has 0 aliphatic rings. The molecule has 0 saturated carbocycles. The maximum atomic E-state index is 6.59. The number of hydrogen-bond acceptors (Lipinski definition) is 9. The van der Waals surface area contributed by atoms with E-state index < -0.39 is 0 Å². The molecular formula is C102H60N10O2S. The van der Waals surface area contributed by atoms with Gasteiger partial charge in [0.2, 0.25) is 0 Å². The van der Waals surface area contributed by atoms with Crippen LogP contribution < -0.4 is 0 Å². The molecule has 13 aromatic carbocycles. The molecule has 12 nitrogen and oxygen atoms in total. The minimum Gasteiger partial charge on any atom is -0.455 e. The molecule has 26 aromatic rings. The molecule has 0 fully saturated rings. The molecule has 0 saturated heterocycles. The molecule has 0 spiro atoms. The molecule has 0 radical (unpaired) electrons. The van der Waals surface area contributed by atoms with Gasteiger partial charge in [0.15, 0.2) is 5.58 Å². The van der Waals surface area contributed by atoms with E-state index in [4.69, 9.17) is 18.8 Å². The molecular weight excluding hydrogens is 1430 g/mol. The summed E-state index contributed by atoms with van der Waals surface area (Å²) in [5.41, 5.74) is 23.5. The molecule has 0 amide bonds. The molecule has 13 heterocycles. The van der Waals surface area contributed by atoms with Crippen LogP contribution in [0.25, 0.3) is 229 Å². The van der Waals surface area contributed by atoms with Gasteiger partial charge in [-0.15, -0.1) is 11.3 Å². The number of furan rings is 2. The lowest BCUT2D eigenvalue weighted by Gasteiger charge is -2.12. The van der Waals surface area contributed by atoms with E-state index in [1.54, 1.807) is 0 Å². The first kappa shape index (κ1) is 64.4. The summed E-state index contributed by atoms with van der Waals surface area (Å²) in [6.07, 6.45) is 18.9. The lowest BCUT2D eigenvalue weighted by atomic mass is 10.0. The van der Waals surface area contributed by atoms with Crippen LogP contribution in [-0.4, -0.2) is 48.2 Å². The van der Waals surface area contributed by atoms with E-state index in [1.807, 2.05) is 116 Å². The van der Waals surface area contributed by atoms with Gasteiger partial charge in [-0.1, -0.05) is 188 Å². The Labute approximate surface area is 658 Å². The van der Waals surface area contributed by atoms with Crippen molar-refractivity contribution in [3.63, 3.8) is 0 Å². The number of nitrogens with zero attached hydrogens (tertiary/aromatic N) is 10. The number of thiophene rings is 1. The maximum absolute atomic E-state index is 6.59. The molecule has 0 aliphatic heterocycles. The Kier molecular flexibility index (Phi) is 14.3. The van der Waals surface area contributed by atoms with Crippen LogP contribution in [0, 0.1) is 0 Å². The monoisotopic (exact) mass is 1490 g/mol. The predicted molar refractivity (Wildman–Crippen MR) is 474 cm³/mol. The summed E-state index contributed by atoms with van der Waals surface area (Å²) in [4.78, 5) is 27.7. The van der Waals surface area contributed by atoms with E-state index in [1.165, 1.54) is 79.7 Å². The summed E-state index contributed by atoms with van der Waals surface area (Å²) in [5, 5.41) is 21.1. The van der Waals surface area contributed by atoms with Crippen LogP contribution in [0.2, 0.25) is 0 Å². The number of fused-ring (bicyclic) bond motifs is 33. The molecule has 26 rings (SSSR count). The minimum absolute atomic E-state index is 0.815. The zero-order valence-electron chi connectivity index (χ0n) is 61.3. The summed E-state index contributed by atoms with van der Waals surface area (Å²) < 4.78 is 25.1. The third-order valence-electron chi connectivity index (χ3n) is 23.0. The molecule has 536 valence electrons. The van der Waals surface area contributed by atoms with Crippen LogP contribution in [0.3, 0.4) is 0 Å². The Bertz CT molecular complexity index is 8200. The number of aromatic nitrogens is 10. The highest BCUT2D eigenvalue weighted by Gasteiger charge is 2.28. The van der Waals surface area contributed by atoms with E-state index in [0.29, 0.717) is 0 Å². The molecule has 0 N–H and O–H groups in total. The fourth-order valence-electron chi connectivity index (χ4n) is 18.3. The van der Waals surface area contributed by atoms with Crippen LogP contribution in [0.5, 0.6) is 0 Å². The SMILES string of the molecule is c1ccc(-c2cncc(-n3c4ccccc4c4c5cccnc5c5oc6ccccc6c5c43)c2)cc1.c1cncc(-c2cccc(-n3c4ccccc4c4c5cccnc5c5sc6ccccc6c5c43)c2)c1.c1cncc(-n2c3ccccc3c3cc(-n4c5ccccc5c5c6cnccc6c6oc7ccccc7c6c54)ccc32)c1. The van der Waals surface area contributed by atoms with Gasteiger partial charge in [-0.05, 0) is 126 Å². The van der Waals surface area contributed by atoms with E-state index >= 15 is 0 Å². The predicted octanol–water partition coefficient (Wildman–Crippen LogP) is 26.8. The van der Waals surface area contributed by atoms with Crippen molar-refractivity contribution in [2.24, 2.45) is 0 Å². The van der Waals surface area contributed by atoms with Crippen molar-refractivity contribution < 1.29 is 8.83 Å². The fraction of sp³-hybridized carbons (Fsp3) is 0. The minimum atomic E-state index is 0.815. The van der Waals surface area contributed by atoms with Crippen molar-refractivity contribution in [3.05, 3.63) is 365 Å². The third-order valence-corrected chi connectivity index (χ3v) is 24.2. The second-order valence-corrected chi connectivity index (χ2v) is 30.3. The summed E-state index contributed by atoms with van der Waals surface area (Å²) in [6.45, 7) is 0. The van der Waals surface area contributed by atoms with Gasteiger partial charge < -0.3 is 27.1 Å². The number of hydrogen-bond donors (Lipinski definition) is 0. The smallest absolute Gasteiger partial charge is 0.163 e. The van der Waals surface area contributed by atoms with Crippen molar-refractivity contribution in [2.45, 2.75) is 0 Å². The van der Waals surface area contributed by atoms with Gasteiger partial charge in [0.25, 0.3) is 0 Å². The average molecular weight is 1490 g/mol. The zero-order valence-corrected chi connectivity index (χ0v) is 62.2. The third kappa shape index (κ3) is 9.71. The second kappa shape index (κ2) is 25.6. The number of rotatable bonds is 6. The van der Waals surface area contributed by atoms with Gasteiger partial charge in [0.05, 0.1) is 88.9 Å². The highest BCUT2D eigenvalue weighted by molar-refractivity contribution is 7.27. The number of benzene rings is 13. The van der Waals surface area contributed by atoms with Gasteiger partial charge in [-0.2, -0.15) is 0 Å². The molecule has 0 aliphatic carbocycles. The van der Waals surface area contributed by atoms with Crippen molar-refractivity contribution in [1.82, 2.24) is 48.2 Å². The molecule has 0 atom stereocenters. The Morgan fingerprint density at radius 3 is 1.40 bits per heavy atom. The van der Waals surface area contributed by atoms with Gasteiger partial charge in [-0.3, -0.25) is 29.9 Å². The van der Waals surface area contributed by atoms with E-state index in [-0.39, 0.29) is 0 Å². The van der Waals surface area contributed by atoms with Crippen molar-refractivity contribution in [3.8, 4) is 45.0 Å². The summed E-state index contributed by atoms with van der Waals surface area (Å²) in [6, 6.07) is 107. The lowest BCUT2D eigenvalue weighted by molar-refractivity contribution is 0.671. The van der Waals surface area contributed by atoms with Gasteiger partial charge in [-0.25, -0.2) is 0 Å². The maximum Gasteiger partial charge on any atom is 0.163 e. The zero-order chi connectivity index (χ0) is 75.3. The van der Waals surface area contributed by atoms with Crippen LogP contribution >= 0.6 is 11.3 Å².